The number of aliphatic hydroxyl groups is 1. The van der Waals surface area contributed by atoms with Crippen LogP contribution in [0.5, 0.6) is 0 Å². The monoisotopic (exact) mass is 146 g/mol. The van der Waals surface area contributed by atoms with Crippen LogP contribution in [0.15, 0.2) is 0 Å². The normalized spacial score (nSPS) is 9.75. The van der Waals surface area contributed by atoms with E-state index in [1.54, 1.807) is 7.11 Å². The van der Waals surface area contributed by atoms with Gasteiger partial charge in [0.1, 0.15) is 0 Å². The molecule has 8 heavy (non-hydrogen) atoms. The van der Waals surface area contributed by atoms with Crippen molar-refractivity contribution in [3.63, 3.8) is 0 Å². The highest BCUT2D eigenvalue weighted by atomic mass is 28.2. The van der Waals surface area contributed by atoms with Crippen molar-refractivity contribution in [1.29, 1.82) is 0 Å². The van der Waals surface area contributed by atoms with Crippen LogP contribution < -0.4 is 0 Å². The van der Waals surface area contributed by atoms with E-state index >= 15 is 0 Å². The van der Waals surface area contributed by atoms with E-state index < -0.39 is 0 Å². The molecule has 0 bridgehead atoms. The Morgan fingerprint density at radius 1 is 1.50 bits per heavy atom. The SMILES string of the molecule is CO[Si]CC[Si]CO. The lowest BCUT2D eigenvalue weighted by molar-refractivity contribution is 0.365. The Hall–Kier alpha value is 0.354. The maximum absolute atomic E-state index is 8.34. The van der Waals surface area contributed by atoms with Gasteiger partial charge in [-0.25, -0.2) is 0 Å². The smallest absolute Gasteiger partial charge is 0.228 e. The van der Waals surface area contributed by atoms with E-state index in [1.165, 1.54) is 0 Å². The summed E-state index contributed by atoms with van der Waals surface area (Å²) in [6.07, 6.45) is 0.341. The van der Waals surface area contributed by atoms with E-state index in [0.717, 1.165) is 12.1 Å². The van der Waals surface area contributed by atoms with Gasteiger partial charge in [0, 0.05) is 13.3 Å². The van der Waals surface area contributed by atoms with E-state index in [1.807, 2.05) is 0 Å². The molecule has 0 spiro atoms. The van der Waals surface area contributed by atoms with E-state index in [-0.39, 0.29) is 0 Å². The molecule has 0 saturated heterocycles. The highest BCUT2D eigenvalue weighted by Crippen LogP contribution is 1.86. The van der Waals surface area contributed by atoms with Gasteiger partial charge in [-0.2, -0.15) is 0 Å². The quantitative estimate of drug-likeness (QED) is 0.428. The first-order valence-corrected chi connectivity index (χ1v) is 5.02. The minimum absolute atomic E-state index is 0.341. The van der Waals surface area contributed by atoms with E-state index in [0.29, 0.717) is 25.5 Å². The highest BCUT2D eigenvalue weighted by molar-refractivity contribution is 6.38. The van der Waals surface area contributed by atoms with Crippen LogP contribution in [-0.2, 0) is 4.43 Å². The summed E-state index contributed by atoms with van der Waals surface area (Å²) in [5, 5.41) is 8.34. The molecule has 46 valence electrons. The van der Waals surface area contributed by atoms with Crippen molar-refractivity contribution in [2.45, 2.75) is 12.1 Å². The number of rotatable bonds is 5. The summed E-state index contributed by atoms with van der Waals surface area (Å²) in [6.45, 7) is 0. The van der Waals surface area contributed by atoms with Crippen molar-refractivity contribution in [3.8, 4) is 0 Å². The highest BCUT2D eigenvalue weighted by Gasteiger charge is 1.88. The summed E-state index contributed by atoms with van der Waals surface area (Å²) in [7, 11) is 3.04. The summed E-state index contributed by atoms with van der Waals surface area (Å²) < 4.78 is 4.84. The molecule has 0 aromatic rings. The number of aliphatic hydroxyl groups excluding tert-OH is 1. The minimum atomic E-state index is 0.341. The predicted molar refractivity (Wildman–Crippen MR) is 35.2 cm³/mol. The van der Waals surface area contributed by atoms with E-state index in [9.17, 15) is 0 Å². The average Bonchev–Trinajstić information content (AvgIpc) is 1.81. The Balaban J connectivity index is 2.53. The Labute approximate surface area is 55.0 Å². The molecule has 0 aromatic carbocycles. The largest absolute Gasteiger partial charge is 0.421 e. The van der Waals surface area contributed by atoms with Crippen LogP contribution in [0, 0.1) is 0 Å². The molecule has 0 rings (SSSR count). The lowest BCUT2D eigenvalue weighted by Crippen LogP contribution is -1.99. The van der Waals surface area contributed by atoms with Crippen LogP contribution in [0.25, 0.3) is 0 Å². The molecule has 0 unspecified atom stereocenters. The second-order valence-electron chi connectivity index (χ2n) is 1.26. The number of hydrogen-bond acceptors (Lipinski definition) is 2. The fourth-order valence-electron chi connectivity index (χ4n) is 0.321. The van der Waals surface area contributed by atoms with Crippen LogP contribution in [-0.4, -0.2) is 37.7 Å². The van der Waals surface area contributed by atoms with Crippen molar-refractivity contribution < 1.29 is 9.53 Å². The second kappa shape index (κ2) is 7.35. The zero-order valence-corrected chi connectivity index (χ0v) is 6.98. The van der Waals surface area contributed by atoms with E-state index in [2.05, 4.69) is 0 Å². The van der Waals surface area contributed by atoms with Crippen LogP contribution in [0.3, 0.4) is 0 Å². The number of hydrogen-bond donors (Lipinski definition) is 1. The minimum Gasteiger partial charge on any atom is -0.421 e. The molecular formula is C4H10O2Si2. The van der Waals surface area contributed by atoms with Gasteiger partial charge in [0.15, 0.2) is 0 Å². The zero-order valence-electron chi connectivity index (χ0n) is 4.98. The first-order chi connectivity index (χ1) is 3.91. The summed E-state index contributed by atoms with van der Waals surface area (Å²) in [4.78, 5) is 0. The summed E-state index contributed by atoms with van der Waals surface area (Å²) in [6, 6.07) is 2.22. The van der Waals surface area contributed by atoms with Crippen LogP contribution in [0.4, 0.5) is 0 Å². The van der Waals surface area contributed by atoms with Crippen LogP contribution in [0.2, 0.25) is 12.1 Å². The Bertz CT molecular complexity index is 37.0. The predicted octanol–water partition coefficient (Wildman–Crippen LogP) is -0.257. The molecule has 2 nitrogen and oxygen atoms in total. The molecule has 0 atom stereocenters. The molecule has 0 saturated carbocycles. The zero-order chi connectivity index (χ0) is 6.24. The molecule has 0 fully saturated rings. The molecule has 0 amide bonds. The summed E-state index contributed by atoms with van der Waals surface area (Å²) >= 11 is 0. The Morgan fingerprint density at radius 2 is 2.25 bits per heavy atom. The molecule has 4 heteroatoms. The summed E-state index contributed by atoms with van der Waals surface area (Å²) in [5.41, 5.74) is 0. The third-order valence-electron chi connectivity index (χ3n) is 0.660. The van der Waals surface area contributed by atoms with Gasteiger partial charge < -0.3 is 9.53 Å². The third-order valence-corrected chi connectivity index (χ3v) is 2.73. The van der Waals surface area contributed by atoms with Gasteiger partial charge in [-0.15, -0.1) is 0 Å². The first-order valence-electron chi connectivity index (χ1n) is 2.49. The molecule has 0 heterocycles. The fraction of sp³-hybridized carbons (Fsp3) is 1.00. The molecule has 1 N–H and O–H groups in total. The average molecular weight is 146 g/mol. The van der Waals surface area contributed by atoms with Crippen molar-refractivity contribution in [2.75, 3.05) is 13.3 Å². The van der Waals surface area contributed by atoms with Crippen LogP contribution >= 0.6 is 0 Å². The standard InChI is InChI=1S/C4H10O2Si2/c1-6-8-3-2-7-4-5/h5H,2-4H2,1H3. The fourth-order valence-corrected chi connectivity index (χ4v) is 1.80. The Morgan fingerprint density at radius 3 is 2.75 bits per heavy atom. The van der Waals surface area contributed by atoms with Crippen LogP contribution in [0.1, 0.15) is 0 Å². The van der Waals surface area contributed by atoms with Gasteiger partial charge in [-0.05, 0) is 6.04 Å². The van der Waals surface area contributed by atoms with E-state index in [4.69, 9.17) is 9.53 Å². The van der Waals surface area contributed by atoms with Crippen molar-refractivity contribution in [2.24, 2.45) is 0 Å². The molecular weight excluding hydrogens is 136 g/mol. The van der Waals surface area contributed by atoms with Gasteiger partial charge in [-0.1, -0.05) is 6.04 Å². The molecule has 0 aliphatic rings. The topological polar surface area (TPSA) is 29.5 Å². The van der Waals surface area contributed by atoms with Crippen molar-refractivity contribution in [3.05, 3.63) is 0 Å². The second-order valence-corrected chi connectivity index (χ2v) is 3.77. The van der Waals surface area contributed by atoms with Gasteiger partial charge in [0.25, 0.3) is 0 Å². The van der Waals surface area contributed by atoms with Gasteiger partial charge in [0.2, 0.25) is 9.76 Å². The third kappa shape index (κ3) is 6.35. The maximum atomic E-state index is 8.34. The lowest BCUT2D eigenvalue weighted by Gasteiger charge is -1.91. The molecule has 0 aliphatic heterocycles. The molecule has 0 aromatic heterocycles. The van der Waals surface area contributed by atoms with Crippen molar-refractivity contribution >= 4 is 19.3 Å². The molecule has 0 aliphatic carbocycles. The van der Waals surface area contributed by atoms with Gasteiger partial charge in [-0.3, -0.25) is 0 Å². The van der Waals surface area contributed by atoms with Gasteiger partial charge >= 0.3 is 0 Å². The summed E-state index contributed by atoms with van der Waals surface area (Å²) in [5.74, 6) is 0. The lowest BCUT2D eigenvalue weighted by atomic mass is 11.0. The maximum Gasteiger partial charge on any atom is 0.228 e. The Kier molecular flexibility index (Phi) is 7.68. The first kappa shape index (κ1) is 8.35. The van der Waals surface area contributed by atoms with Crippen molar-refractivity contribution in [1.82, 2.24) is 0 Å². The van der Waals surface area contributed by atoms with Gasteiger partial charge in [0.05, 0.1) is 9.52 Å². The molecule has 4 radical (unpaired) electrons.